The van der Waals surface area contributed by atoms with E-state index in [1.54, 1.807) is 7.11 Å². The summed E-state index contributed by atoms with van der Waals surface area (Å²) in [6.45, 7) is 3.46. The van der Waals surface area contributed by atoms with Gasteiger partial charge in [0, 0.05) is 37.9 Å². The van der Waals surface area contributed by atoms with Crippen molar-refractivity contribution in [1.29, 1.82) is 0 Å². The highest BCUT2D eigenvalue weighted by Crippen LogP contribution is 2.26. The quantitative estimate of drug-likeness (QED) is 0.732. The lowest BCUT2D eigenvalue weighted by Crippen LogP contribution is -2.39. The molecule has 2 N–H and O–H groups in total. The van der Waals surface area contributed by atoms with Crippen molar-refractivity contribution < 1.29 is 9.53 Å². The van der Waals surface area contributed by atoms with Crippen LogP contribution in [0.25, 0.3) is 0 Å². The van der Waals surface area contributed by atoms with E-state index in [9.17, 15) is 4.79 Å². The van der Waals surface area contributed by atoms with E-state index in [1.165, 1.54) is 36.9 Å². The topological polar surface area (TPSA) is 53.6 Å². The lowest BCUT2D eigenvalue weighted by atomic mass is 9.97. The number of hydrogen-bond donors (Lipinski definition) is 2. The Labute approximate surface area is 156 Å². The third kappa shape index (κ3) is 5.41. The molecule has 0 saturated carbocycles. The molecule has 0 spiro atoms. The van der Waals surface area contributed by atoms with Crippen LogP contribution in [0.15, 0.2) is 35.9 Å². The lowest BCUT2D eigenvalue weighted by molar-refractivity contribution is 0.239. The third-order valence-corrected chi connectivity index (χ3v) is 5.37. The number of hydrogen-bond acceptors (Lipinski definition) is 3. The average Bonchev–Trinajstić information content (AvgIpc) is 3.16. The molecule has 1 aromatic carbocycles. The minimum atomic E-state index is -0.0405. The maximum absolute atomic E-state index is 12.0. The van der Waals surface area contributed by atoms with Gasteiger partial charge in [0.2, 0.25) is 0 Å². The Balaban J connectivity index is 1.34. The molecule has 5 nitrogen and oxygen atoms in total. The maximum atomic E-state index is 12.0. The monoisotopic (exact) mass is 357 g/mol. The molecule has 1 unspecified atom stereocenters. The molecular weight excluding hydrogens is 326 g/mol. The molecule has 0 radical (unpaired) electrons. The number of nitrogens with zero attached hydrogens (tertiary/aromatic N) is 1. The Morgan fingerprint density at radius 1 is 1.31 bits per heavy atom. The summed E-state index contributed by atoms with van der Waals surface area (Å²) in [5.74, 6) is 1.38. The molecule has 1 atom stereocenters. The van der Waals surface area contributed by atoms with Crippen molar-refractivity contribution in [1.82, 2.24) is 10.6 Å². The summed E-state index contributed by atoms with van der Waals surface area (Å²) in [5.41, 5.74) is 2.69. The average molecular weight is 357 g/mol. The molecule has 1 aliphatic heterocycles. The summed E-state index contributed by atoms with van der Waals surface area (Å²) in [6, 6.07) is 8.13. The summed E-state index contributed by atoms with van der Waals surface area (Å²) in [4.78, 5) is 14.4. The summed E-state index contributed by atoms with van der Waals surface area (Å²) >= 11 is 0. The second-order valence-corrected chi connectivity index (χ2v) is 7.30. The van der Waals surface area contributed by atoms with E-state index in [2.05, 4.69) is 33.7 Å². The highest BCUT2D eigenvalue weighted by molar-refractivity contribution is 5.73. The van der Waals surface area contributed by atoms with Crippen LogP contribution in [-0.2, 0) is 0 Å². The standard InChI is InChI=1S/C21H31N3O2/c1-26-20-9-5-8-19(14-20)24-13-11-18(16-24)15-23-21(25)22-12-10-17-6-3-2-4-7-17/h5-6,8-9,14,18H,2-4,7,10-13,15-16H2,1H3,(H2,22,23,25). The molecule has 1 fully saturated rings. The summed E-state index contributed by atoms with van der Waals surface area (Å²) in [6.07, 6.45) is 9.44. The van der Waals surface area contributed by atoms with E-state index >= 15 is 0 Å². The summed E-state index contributed by atoms with van der Waals surface area (Å²) < 4.78 is 5.31. The zero-order valence-electron chi connectivity index (χ0n) is 15.8. The molecule has 1 saturated heterocycles. The fraction of sp³-hybridized carbons (Fsp3) is 0.571. The first-order valence-corrected chi connectivity index (χ1v) is 9.83. The number of benzene rings is 1. The smallest absolute Gasteiger partial charge is 0.314 e. The van der Waals surface area contributed by atoms with Crippen LogP contribution in [0.1, 0.15) is 38.5 Å². The molecule has 5 heteroatoms. The van der Waals surface area contributed by atoms with Crippen molar-refractivity contribution in [3.63, 3.8) is 0 Å². The normalized spacial score (nSPS) is 19.8. The number of urea groups is 1. The van der Waals surface area contributed by atoms with Gasteiger partial charge in [0.1, 0.15) is 5.75 Å². The number of amides is 2. The van der Waals surface area contributed by atoms with Gasteiger partial charge in [-0.15, -0.1) is 0 Å². The second-order valence-electron chi connectivity index (χ2n) is 7.30. The number of carbonyl (C=O) groups is 1. The van der Waals surface area contributed by atoms with Gasteiger partial charge in [0.15, 0.2) is 0 Å². The van der Waals surface area contributed by atoms with E-state index in [0.717, 1.165) is 44.8 Å². The van der Waals surface area contributed by atoms with Crippen molar-refractivity contribution in [2.24, 2.45) is 5.92 Å². The number of ether oxygens (including phenoxy) is 1. The van der Waals surface area contributed by atoms with Crippen LogP contribution in [0.2, 0.25) is 0 Å². The van der Waals surface area contributed by atoms with Gasteiger partial charge in [-0.25, -0.2) is 4.79 Å². The van der Waals surface area contributed by atoms with Gasteiger partial charge in [-0.3, -0.25) is 0 Å². The van der Waals surface area contributed by atoms with Gasteiger partial charge in [-0.1, -0.05) is 17.7 Å². The van der Waals surface area contributed by atoms with Gasteiger partial charge in [0.25, 0.3) is 0 Å². The van der Waals surface area contributed by atoms with Crippen LogP contribution < -0.4 is 20.3 Å². The van der Waals surface area contributed by atoms with Gasteiger partial charge >= 0.3 is 6.03 Å². The molecule has 0 aromatic heterocycles. The zero-order valence-corrected chi connectivity index (χ0v) is 15.8. The number of nitrogens with one attached hydrogen (secondary N) is 2. The minimum absolute atomic E-state index is 0.0405. The van der Waals surface area contributed by atoms with Crippen LogP contribution in [0, 0.1) is 5.92 Å². The zero-order chi connectivity index (χ0) is 18.2. The van der Waals surface area contributed by atoms with Crippen molar-refractivity contribution in [3.05, 3.63) is 35.9 Å². The molecule has 1 aliphatic carbocycles. The van der Waals surface area contributed by atoms with Crippen LogP contribution in [0.3, 0.4) is 0 Å². The molecule has 0 bridgehead atoms. The number of carbonyl (C=O) groups excluding carboxylic acids is 1. The molecular formula is C21H31N3O2. The minimum Gasteiger partial charge on any atom is -0.497 e. The van der Waals surface area contributed by atoms with E-state index in [0.29, 0.717) is 5.92 Å². The van der Waals surface area contributed by atoms with E-state index in [4.69, 9.17) is 4.74 Å². The van der Waals surface area contributed by atoms with Crippen LogP contribution >= 0.6 is 0 Å². The SMILES string of the molecule is COc1cccc(N2CCC(CNC(=O)NCCC3=CCCCC3)C2)c1. The van der Waals surface area contributed by atoms with Gasteiger partial charge in [-0.2, -0.15) is 0 Å². The second kappa shape index (κ2) is 9.51. The van der Waals surface area contributed by atoms with Crippen molar-refractivity contribution in [2.75, 3.05) is 38.2 Å². The van der Waals surface area contributed by atoms with Crippen LogP contribution in [-0.4, -0.2) is 39.3 Å². The summed E-state index contributed by atoms with van der Waals surface area (Å²) in [5, 5.41) is 6.03. The first-order valence-electron chi connectivity index (χ1n) is 9.83. The summed E-state index contributed by atoms with van der Waals surface area (Å²) in [7, 11) is 1.69. The fourth-order valence-electron chi connectivity index (χ4n) is 3.81. The van der Waals surface area contributed by atoms with Gasteiger partial charge in [-0.05, 0) is 56.6 Å². The largest absolute Gasteiger partial charge is 0.497 e. The number of methoxy groups -OCH3 is 1. The predicted molar refractivity (Wildman–Crippen MR) is 106 cm³/mol. The Kier molecular flexibility index (Phi) is 6.81. The first kappa shape index (κ1) is 18.6. The molecule has 2 aliphatic rings. The predicted octanol–water partition coefficient (Wildman–Crippen LogP) is 3.71. The Morgan fingerprint density at radius 2 is 2.23 bits per heavy atom. The Hall–Kier alpha value is -2.17. The molecule has 2 amide bonds. The highest BCUT2D eigenvalue weighted by Gasteiger charge is 2.23. The number of anilines is 1. The Bertz CT molecular complexity index is 629. The van der Waals surface area contributed by atoms with Crippen molar-refractivity contribution in [3.8, 4) is 5.75 Å². The number of allylic oxidation sites excluding steroid dienone is 1. The van der Waals surface area contributed by atoms with Crippen molar-refractivity contribution >= 4 is 11.7 Å². The van der Waals surface area contributed by atoms with Gasteiger partial charge in [0.05, 0.1) is 7.11 Å². The fourth-order valence-corrected chi connectivity index (χ4v) is 3.81. The lowest BCUT2D eigenvalue weighted by Gasteiger charge is -2.19. The first-order chi connectivity index (χ1) is 12.7. The van der Waals surface area contributed by atoms with E-state index in [1.807, 2.05) is 12.1 Å². The van der Waals surface area contributed by atoms with Gasteiger partial charge < -0.3 is 20.3 Å². The number of rotatable bonds is 7. The van der Waals surface area contributed by atoms with E-state index in [-0.39, 0.29) is 6.03 Å². The Morgan fingerprint density at radius 3 is 3.04 bits per heavy atom. The molecule has 1 heterocycles. The van der Waals surface area contributed by atoms with Crippen molar-refractivity contribution in [2.45, 2.75) is 38.5 Å². The van der Waals surface area contributed by atoms with Crippen LogP contribution in [0.5, 0.6) is 5.75 Å². The molecule has 26 heavy (non-hydrogen) atoms. The van der Waals surface area contributed by atoms with Crippen LogP contribution in [0.4, 0.5) is 10.5 Å². The molecule has 1 aromatic rings. The molecule has 3 rings (SSSR count). The maximum Gasteiger partial charge on any atom is 0.314 e. The third-order valence-electron chi connectivity index (χ3n) is 5.37. The highest BCUT2D eigenvalue weighted by atomic mass is 16.5. The van der Waals surface area contributed by atoms with E-state index < -0.39 is 0 Å². The molecule has 142 valence electrons.